The summed E-state index contributed by atoms with van der Waals surface area (Å²) in [5.41, 5.74) is 3.84. The molecular weight excluding hydrogens is 300 g/mol. The molecule has 0 radical (unpaired) electrons. The Labute approximate surface area is 123 Å². The maximum absolute atomic E-state index is 4.19. The number of nitrogens with one attached hydrogen (secondary N) is 1. The number of rotatable bonds is 5. The minimum atomic E-state index is 0.389. The Morgan fingerprint density at radius 1 is 1.21 bits per heavy atom. The predicted molar refractivity (Wildman–Crippen MR) is 83.0 cm³/mol. The number of aromatic nitrogens is 1. The minimum Gasteiger partial charge on any atom is -0.306 e. The van der Waals surface area contributed by atoms with Crippen molar-refractivity contribution >= 4 is 15.9 Å². The number of hydrogen-bond donors (Lipinski definition) is 1. The predicted octanol–water partition coefficient (Wildman–Crippen LogP) is 4.39. The average Bonchev–Trinajstić information content (AvgIpc) is 2.41. The van der Waals surface area contributed by atoms with Gasteiger partial charge in [0.05, 0.1) is 0 Å². The van der Waals surface area contributed by atoms with Gasteiger partial charge in [0.25, 0.3) is 0 Å². The number of halogens is 1. The molecule has 1 heterocycles. The van der Waals surface area contributed by atoms with Gasteiger partial charge in [-0.25, -0.2) is 0 Å². The van der Waals surface area contributed by atoms with Gasteiger partial charge in [-0.05, 0) is 46.5 Å². The van der Waals surface area contributed by atoms with Crippen LogP contribution in [0.3, 0.4) is 0 Å². The molecule has 0 aliphatic heterocycles. The second kappa shape index (κ2) is 6.83. The van der Waals surface area contributed by atoms with Crippen LogP contribution in [0.15, 0.2) is 47.2 Å². The fraction of sp³-hybridized carbons (Fsp3) is 0.312. The SMILES string of the molecule is CCC(NCc1cncc(Br)c1)c1ccc(C)cc1. The molecule has 1 atom stereocenters. The van der Waals surface area contributed by atoms with E-state index in [9.17, 15) is 0 Å². The summed E-state index contributed by atoms with van der Waals surface area (Å²) in [6.07, 6.45) is 4.78. The summed E-state index contributed by atoms with van der Waals surface area (Å²) >= 11 is 3.45. The fourth-order valence-electron chi connectivity index (χ4n) is 2.09. The molecular formula is C16H19BrN2. The summed E-state index contributed by atoms with van der Waals surface area (Å²) < 4.78 is 1.02. The van der Waals surface area contributed by atoms with Crippen LogP contribution in [-0.4, -0.2) is 4.98 Å². The highest BCUT2D eigenvalue weighted by Crippen LogP contribution is 2.18. The first-order chi connectivity index (χ1) is 9.19. The molecule has 1 aromatic carbocycles. The zero-order chi connectivity index (χ0) is 13.7. The maximum atomic E-state index is 4.19. The van der Waals surface area contributed by atoms with Crippen LogP contribution in [-0.2, 0) is 6.54 Å². The number of hydrogen-bond acceptors (Lipinski definition) is 2. The Balaban J connectivity index is 2.01. The van der Waals surface area contributed by atoms with Crippen LogP contribution in [0.25, 0.3) is 0 Å². The lowest BCUT2D eigenvalue weighted by Crippen LogP contribution is -2.20. The van der Waals surface area contributed by atoms with Crippen molar-refractivity contribution in [3.8, 4) is 0 Å². The molecule has 19 heavy (non-hydrogen) atoms. The summed E-state index contributed by atoms with van der Waals surface area (Å²) in [6, 6.07) is 11.2. The van der Waals surface area contributed by atoms with E-state index in [4.69, 9.17) is 0 Å². The van der Waals surface area contributed by atoms with Crippen LogP contribution in [0.2, 0.25) is 0 Å². The highest BCUT2D eigenvalue weighted by molar-refractivity contribution is 9.10. The molecule has 0 bridgehead atoms. The van der Waals surface area contributed by atoms with E-state index in [2.05, 4.69) is 70.4 Å². The molecule has 0 aliphatic rings. The highest BCUT2D eigenvalue weighted by Gasteiger charge is 2.08. The third-order valence-electron chi connectivity index (χ3n) is 3.20. The van der Waals surface area contributed by atoms with Gasteiger partial charge in [0.2, 0.25) is 0 Å². The first kappa shape index (κ1) is 14.2. The van der Waals surface area contributed by atoms with Crippen LogP contribution < -0.4 is 5.32 Å². The van der Waals surface area contributed by atoms with E-state index in [0.29, 0.717) is 6.04 Å². The van der Waals surface area contributed by atoms with Crippen molar-refractivity contribution in [3.63, 3.8) is 0 Å². The number of pyridine rings is 1. The molecule has 3 heteroatoms. The largest absolute Gasteiger partial charge is 0.306 e. The Morgan fingerprint density at radius 2 is 1.95 bits per heavy atom. The van der Waals surface area contributed by atoms with Crippen LogP contribution in [0.4, 0.5) is 0 Å². The van der Waals surface area contributed by atoms with Gasteiger partial charge in [-0.2, -0.15) is 0 Å². The van der Waals surface area contributed by atoms with E-state index < -0.39 is 0 Å². The molecule has 0 aliphatic carbocycles. The molecule has 0 amide bonds. The number of nitrogens with zero attached hydrogens (tertiary/aromatic N) is 1. The molecule has 1 aromatic heterocycles. The van der Waals surface area contributed by atoms with Gasteiger partial charge in [-0.3, -0.25) is 4.98 Å². The smallest absolute Gasteiger partial charge is 0.0410 e. The molecule has 2 nitrogen and oxygen atoms in total. The Morgan fingerprint density at radius 3 is 2.58 bits per heavy atom. The van der Waals surface area contributed by atoms with Crippen molar-refractivity contribution < 1.29 is 0 Å². The molecule has 0 saturated carbocycles. The third kappa shape index (κ3) is 4.15. The van der Waals surface area contributed by atoms with Crippen LogP contribution >= 0.6 is 15.9 Å². The molecule has 0 saturated heterocycles. The first-order valence-electron chi connectivity index (χ1n) is 6.58. The molecule has 2 aromatic rings. The lowest BCUT2D eigenvalue weighted by Gasteiger charge is -2.17. The molecule has 100 valence electrons. The van der Waals surface area contributed by atoms with Crippen molar-refractivity contribution in [1.29, 1.82) is 0 Å². The second-order valence-electron chi connectivity index (χ2n) is 4.76. The zero-order valence-electron chi connectivity index (χ0n) is 11.4. The summed E-state index contributed by atoms with van der Waals surface area (Å²) in [6.45, 7) is 5.15. The van der Waals surface area contributed by atoms with Crippen molar-refractivity contribution in [2.75, 3.05) is 0 Å². The van der Waals surface area contributed by atoms with Gasteiger partial charge in [-0.15, -0.1) is 0 Å². The maximum Gasteiger partial charge on any atom is 0.0410 e. The van der Waals surface area contributed by atoms with Crippen molar-refractivity contribution in [3.05, 3.63) is 63.9 Å². The normalized spacial score (nSPS) is 12.4. The molecule has 1 unspecified atom stereocenters. The van der Waals surface area contributed by atoms with E-state index in [1.165, 1.54) is 16.7 Å². The molecule has 2 rings (SSSR count). The number of benzene rings is 1. The molecule has 0 spiro atoms. The van der Waals surface area contributed by atoms with Crippen molar-refractivity contribution in [1.82, 2.24) is 10.3 Å². The van der Waals surface area contributed by atoms with Gasteiger partial charge >= 0.3 is 0 Å². The topological polar surface area (TPSA) is 24.9 Å². The van der Waals surface area contributed by atoms with E-state index in [-0.39, 0.29) is 0 Å². The molecule has 1 N–H and O–H groups in total. The van der Waals surface area contributed by atoms with E-state index in [1.807, 2.05) is 6.20 Å². The van der Waals surface area contributed by atoms with Gasteiger partial charge in [0.15, 0.2) is 0 Å². The molecule has 0 fully saturated rings. The average molecular weight is 319 g/mol. The lowest BCUT2D eigenvalue weighted by atomic mass is 10.0. The van der Waals surface area contributed by atoms with E-state index in [1.54, 1.807) is 6.20 Å². The summed E-state index contributed by atoms with van der Waals surface area (Å²) in [5.74, 6) is 0. The first-order valence-corrected chi connectivity index (χ1v) is 7.37. The standard InChI is InChI=1S/C16H19BrN2/c1-3-16(14-6-4-12(2)5-7-14)19-10-13-8-15(17)11-18-9-13/h4-9,11,16,19H,3,10H2,1-2H3. The van der Waals surface area contributed by atoms with Gasteiger partial charge in [0.1, 0.15) is 0 Å². The third-order valence-corrected chi connectivity index (χ3v) is 3.64. The van der Waals surface area contributed by atoms with Crippen LogP contribution in [0.1, 0.15) is 36.1 Å². The summed E-state index contributed by atoms with van der Waals surface area (Å²) in [4.78, 5) is 4.19. The Hall–Kier alpha value is -1.19. The fourth-order valence-corrected chi connectivity index (χ4v) is 2.50. The lowest BCUT2D eigenvalue weighted by molar-refractivity contribution is 0.518. The summed E-state index contributed by atoms with van der Waals surface area (Å²) in [7, 11) is 0. The Kier molecular flexibility index (Phi) is 5.11. The van der Waals surface area contributed by atoms with E-state index in [0.717, 1.165) is 17.4 Å². The zero-order valence-corrected chi connectivity index (χ0v) is 12.9. The van der Waals surface area contributed by atoms with Gasteiger partial charge < -0.3 is 5.32 Å². The van der Waals surface area contributed by atoms with Crippen LogP contribution in [0, 0.1) is 6.92 Å². The highest BCUT2D eigenvalue weighted by atomic mass is 79.9. The summed E-state index contributed by atoms with van der Waals surface area (Å²) in [5, 5.41) is 3.59. The van der Waals surface area contributed by atoms with Gasteiger partial charge in [0, 0.05) is 29.5 Å². The van der Waals surface area contributed by atoms with Crippen molar-refractivity contribution in [2.24, 2.45) is 0 Å². The Bertz CT molecular complexity index is 523. The second-order valence-corrected chi connectivity index (χ2v) is 5.68. The van der Waals surface area contributed by atoms with Crippen molar-refractivity contribution in [2.45, 2.75) is 32.9 Å². The van der Waals surface area contributed by atoms with E-state index >= 15 is 0 Å². The minimum absolute atomic E-state index is 0.389. The monoisotopic (exact) mass is 318 g/mol. The van der Waals surface area contributed by atoms with Crippen LogP contribution in [0.5, 0.6) is 0 Å². The van der Waals surface area contributed by atoms with Gasteiger partial charge in [-0.1, -0.05) is 36.8 Å². The number of aryl methyl sites for hydroxylation is 1. The quantitative estimate of drug-likeness (QED) is 0.884.